The topological polar surface area (TPSA) is 98.0 Å². The van der Waals surface area contributed by atoms with Gasteiger partial charge in [-0.25, -0.2) is 0 Å². The summed E-state index contributed by atoms with van der Waals surface area (Å²) in [5.74, 6) is -0.895. The number of rotatable bonds is 19. The van der Waals surface area contributed by atoms with Gasteiger partial charge >= 0.3 is 5.97 Å². The molecule has 0 bridgehead atoms. The van der Waals surface area contributed by atoms with Gasteiger partial charge in [0.2, 0.25) is 0 Å². The Balaban J connectivity index is 3.79. The molecule has 0 saturated heterocycles. The monoisotopic (exact) mass is 374 g/mol. The van der Waals surface area contributed by atoms with Gasteiger partial charge in [-0.1, -0.05) is 77.6 Å². The van der Waals surface area contributed by atoms with Crippen molar-refractivity contribution < 1.29 is 25.2 Å². The van der Waals surface area contributed by atoms with Gasteiger partial charge in [0.1, 0.15) is 0 Å². The van der Waals surface area contributed by atoms with Crippen LogP contribution in [0.5, 0.6) is 0 Å². The van der Waals surface area contributed by atoms with E-state index in [0.717, 1.165) is 51.4 Å². The summed E-state index contributed by atoms with van der Waals surface area (Å²) in [6, 6.07) is 0. The molecule has 0 aliphatic rings. The molecule has 0 rings (SSSR count). The third-order valence-electron chi connectivity index (χ3n) is 5.52. The summed E-state index contributed by atoms with van der Waals surface area (Å²) in [5.41, 5.74) is -0.777. The van der Waals surface area contributed by atoms with Gasteiger partial charge in [0.05, 0.1) is 25.7 Å². The molecule has 5 heteroatoms. The van der Waals surface area contributed by atoms with E-state index < -0.39 is 11.4 Å². The molecule has 0 aromatic carbocycles. The normalized spacial score (nSPS) is 13.1. The minimum Gasteiger partial charge on any atom is -0.481 e. The van der Waals surface area contributed by atoms with Crippen LogP contribution >= 0.6 is 0 Å². The Morgan fingerprint density at radius 1 is 0.731 bits per heavy atom. The zero-order valence-corrected chi connectivity index (χ0v) is 16.8. The maximum Gasteiger partial charge on any atom is 0.306 e. The van der Waals surface area contributed by atoms with Crippen LogP contribution in [-0.2, 0) is 4.79 Å². The van der Waals surface area contributed by atoms with Crippen LogP contribution in [0.4, 0.5) is 0 Å². The second-order valence-corrected chi connectivity index (χ2v) is 7.87. The summed E-state index contributed by atoms with van der Waals surface area (Å²) in [6.07, 6.45) is 14.2. The highest BCUT2D eigenvalue weighted by atomic mass is 16.4. The van der Waals surface area contributed by atoms with Gasteiger partial charge in [-0.05, 0) is 19.3 Å². The highest BCUT2D eigenvalue weighted by molar-refractivity contribution is 5.69. The lowest BCUT2D eigenvalue weighted by Gasteiger charge is -2.27. The maximum absolute atomic E-state index is 11.4. The van der Waals surface area contributed by atoms with Crippen LogP contribution in [0.3, 0.4) is 0 Å². The molecule has 0 spiro atoms. The fourth-order valence-corrected chi connectivity index (χ4v) is 3.37. The van der Waals surface area contributed by atoms with Crippen LogP contribution in [0.25, 0.3) is 0 Å². The number of carboxylic acid groups (broad SMARTS) is 1. The zero-order chi connectivity index (χ0) is 19.7. The molecular weight excluding hydrogens is 332 g/mol. The number of aliphatic hydroxyl groups excluding tert-OH is 3. The van der Waals surface area contributed by atoms with Gasteiger partial charge in [-0.3, -0.25) is 4.79 Å². The van der Waals surface area contributed by atoms with Crippen molar-refractivity contribution in [2.24, 2.45) is 11.3 Å². The van der Waals surface area contributed by atoms with Crippen LogP contribution in [0.1, 0.15) is 96.8 Å². The molecule has 0 aromatic heterocycles. The van der Waals surface area contributed by atoms with Crippen LogP contribution in [0, 0.1) is 11.3 Å². The summed E-state index contributed by atoms with van der Waals surface area (Å²) >= 11 is 0. The zero-order valence-electron chi connectivity index (χ0n) is 16.8. The molecule has 0 fully saturated rings. The van der Waals surface area contributed by atoms with Crippen LogP contribution in [-0.4, -0.2) is 46.2 Å². The van der Waals surface area contributed by atoms with Crippen molar-refractivity contribution in [2.45, 2.75) is 96.8 Å². The fraction of sp³-hybridized carbons (Fsp3) is 0.952. The van der Waals surface area contributed by atoms with E-state index in [9.17, 15) is 25.2 Å². The molecule has 0 aliphatic carbocycles. The third-order valence-corrected chi connectivity index (χ3v) is 5.52. The number of aliphatic carboxylic acids is 1. The van der Waals surface area contributed by atoms with E-state index in [1.165, 1.54) is 32.1 Å². The molecule has 0 radical (unpaired) electrons. The summed E-state index contributed by atoms with van der Waals surface area (Å²) < 4.78 is 0. The second kappa shape index (κ2) is 16.5. The molecule has 0 saturated carbocycles. The summed E-state index contributed by atoms with van der Waals surface area (Å²) in [5, 5.41) is 37.2. The largest absolute Gasteiger partial charge is 0.481 e. The minimum absolute atomic E-state index is 0.209. The Morgan fingerprint density at radius 2 is 1.15 bits per heavy atom. The predicted octanol–water partition coefficient (Wildman–Crippen LogP) is 4.13. The standard InChI is InChI=1S/C21H42O5/c1-2-3-4-5-6-7-10-13-19(20(25)26)14-11-8-9-12-15-21(16-22,17-23)18-24/h19,22-24H,2-18H2,1H3,(H,25,26). The lowest BCUT2D eigenvalue weighted by molar-refractivity contribution is -0.142. The first kappa shape index (κ1) is 25.4. The Kier molecular flexibility index (Phi) is 16.1. The SMILES string of the molecule is CCCCCCCCCC(CCCCCCC(CO)(CO)CO)C(=O)O. The van der Waals surface area contributed by atoms with Crippen LogP contribution in [0.15, 0.2) is 0 Å². The Morgan fingerprint density at radius 3 is 1.58 bits per heavy atom. The van der Waals surface area contributed by atoms with E-state index in [2.05, 4.69) is 6.92 Å². The Labute approximate surface area is 159 Å². The summed E-state index contributed by atoms with van der Waals surface area (Å²) in [6.45, 7) is 1.58. The molecule has 0 heterocycles. The predicted molar refractivity (Wildman–Crippen MR) is 105 cm³/mol. The van der Waals surface area contributed by atoms with Gasteiger partial charge < -0.3 is 20.4 Å². The molecule has 5 nitrogen and oxygen atoms in total. The minimum atomic E-state index is -0.777. The van der Waals surface area contributed by atoms with Gasteiger partial charge in [0, 0.05) is 5.41 Å². The van der Waals surface area contributed by atoms with E-state index in [1.54, 1.807) is 0 Å². The Bertz CT molecular complexity index is 320. The number of aliphatic hydroxyl groups is 3. The molecule has 156 valence electrons. The first-order valence-corrected chi connectivity index (χ1v) is 10.6. The number of hydrogen-bond donors (Lipinski definition) is 4. The average Bonchev–Trinajstić information content (AvgIpc) is 2.65. The number of unbranched alkanes of at least 4 members (excludes halogenated alkanes) is 9. The molecular formula is C21H42O5. The van der Waals surface area contributed by atoms with E-state index in [4.69, 9.17) is 0 Å². The highest BCUT2D eigenvalue weighted by Gasteiger charge is 2.27. The van der Waals surface area contributed by atoms with Crippen LogP contribution in [0.2, 0.25) is 0 Å². The fourth-order valence-electron chi connectivity index (χ4n) is 3.37. The molecule has 0 amide bonds. The Hall–Kier alpha value is -0.650. The van der Waals surface area contributed by atoms with Gasteiger partial charge in [0.25, 0.3) is 0 Å². The molecule has 0 aliphatic heterocycles. The maximum atomic E-state index is 11.4. The molecule has 1 unspecified atom stereocenters. The van der Waals surface area contributed by atoms with Crippen molar-refractivity contribution in [2.75, 3.05) is 19.8 Å². The number of hydrogen-bond acceptors (Lipinski definition) is 4. The van der Waals surface area contributed by atoms with E-state index in [0.29, 0.717) is 6.42 Å². The van der Waals surface area contributed by atoms with Gasteiger partial charge in [-0.15, -0.1) is 0 Å². The smallest absolute Gasteiger partial charge is 0.306 e. The lowest BCUT2D eigenvalue weighted by atomic mass is 9.85. The first-order chi connectivity index (χ1) is 12.5. The van der Waals surface area contributed by atoms with Crippen molar-refractivity contribution in [3.05, 3.63) is 0 Å². The second-order valence-electron chi connectivity index (χ2n) is 7.87. The quantitative estimate of drug-likeness (QED) is 0.255. The van der Waals surface area contributed by atoms with Crippen molar-refractivity contribution in [1.29, 1.82) is 0 Å². The van der Waals surface area contributed by atoms with Crippen LogP contribution < -0.4 is 0 Å². The average molecular weight is 375 g/mol. The van der Waals surface area contributed by atoms with E-state index in [-0.39, 0.29) is 25.7 Å². The van der Waals surface area contributed by atoms with Crippen molar-refractivity contribution in [3.8, 4) is 0 Å². The lowest BCUT2D eigenvalue weighted by Crippen LogP contribution is -2.33. The van der Waals surface area contributed by atoms with E-state index >= 15 is 0 Å². The third kappa shape index (κ3) is 11.9. The highest BCUT2D eigenvalue weighted by Crippen LogP contribution is 2.24. The molecule has 1 atom stereocenters. The number of carboxylic acids is 1. The van der Waals surface area contributed by atoms with Crippen molar-refractivity contribution in [3.63, 3.8) is 0 Å². The molecule has 4 N–H and O–H groups in total. The van der Waals surface area contributed by atoms with Gasteiger partial charge in [-0.2, -0.15) is 0 Å². The van der Waals surface area contributed by atoms with Crippen molar-refractivity contribution >= 4 is 5.97 Å². The summed E-state index contributed by atoms with van der Waals surface area (Å²) in [4.78, 5) is 11.4. The van der Waals surface area contributed by atoms with E-state index in [1.807, 2.05) is 0 Å². The first-order valence-electron chi connectivity index (χ1n) is 10.6. The number of carbonyl (C=O) groups is 1. The molecule has 0 aromatic rings. The van der Waals surface area contributed by atoms with Gasteiger partial charge in [0.15, 0.2) is 0 Å². The molecule has 26 heavy (non-hydrogen) atoms. The van der Waals surface area contributed by atoms with Crippen molar-refractivity contribution in [1.82, 2.24) is 0 Å². The summed E-state index contributed by atoms with van der Waals surface area (Å²) in [7, 11) is 0.